The third kappa shape index (κ3) is 4.89. The highest BCUT2D eigenvalue weighted by Gasteiger charge is 2.31. The van der Waals surface area contributed by atoms with Gasteiger partial charge in [-0.25, -0.2) is 14.1 Å². The molecule has 152 valence electrons. The SMILES string of the molecule is CCc1nc2ccc(OC(F)(F)F)cc2c(=O)n1NC(=O)Cc1ccc(F)cc1. The molecule has 0 spiro atoms. The van der Waals surface area contributed by atoms with Crippen molar-refractivity contribution in [3.63, 3.8) is 0 Å². The number of aryl methyl sites for hydroxylation is 1. The minimum Gasteiger partial charge on any atom is -0.406 e. The van der Waals surface area contributed by atoms with Gasteiger partial charge in [-0.3, -0.25) is 15.0 Å². The van der Waals surface area contributed by atoms with Crippen LogP contribution in [-0.2, 0) is 17.6 Å². The van der Waals surface area contributed by atoms with Gasteiger partial charge in [-0.05, 0) is 35.9 Å². The van der Waals surface area contributed by atoms with Crippen molar-refractivity contribution < 1.29 is 27.1 Å². The highest BCUT2D eigenvalue weighted by molar-refractivity contribution is 5.86. The van der Waals surface area contributed by atoms with E-state index in [1.807, 2.05) is 0 Å². The largest absolute Gasteiger partial charge is 0.573 e. The summed E-state index contributed by atoms with van der Waals surface area (Å²) in [5.74, 6) is -1.37. The molecule has 1 amide bonds. The summed E-state index contributed by atoms with van der Waals surface area (Å²) in [7, 11) is 0. The Morgan fingerprint density at radius 2 is 1.86 bits per heavy atom. The zero-order chi connectivity index (χ0) is 21.2. The van der Waals surface area contributed by atoms with E-state index < -0.39 is 29.4 Å². The standard InChI is InChI=1S/C19H15F4N3O3/c1-2-16-24-15-8-7-13(29-19(21,22)23)10-14(15)18(28)26(16)25-17(27)9-11-3-5-12(20)6-4-11/h3-8,10H,2,9H2,1H3,(H,25,27). The minimum atomic E-state index is -4.91. The van der Waals surface area contributed by atoms with Gasteiger partial charge in [0.15, 0.2) is 0 Å². The maximum absolute atomic E-state index is 13.0. The predicted octanol–water partition coefficient (Wildman–Crippen LogP) is 3.31. The van der Waals surface area contributed by atoms with Crippen LogP contribution in [0.4, 0.5) is 17.6 Å². The molecule has 0 radical (unpaired) electrons. The molecule has 0 aliphatic carbocycles. The van der Waals surface area contributed by atoms with E-state index in [1.54, 1.807) is 6.92 Å². The Morgan fingerprint density at radius 3 is 2.48 bits per heavy atom. The summed E-state index contributed by atoms with van der Waals surface area (Å²) in [6.07, 6.45) is -4.76. The summed E-state index contributed by atoms with van der Waals surface area (Å²) in [4.78, 5) is 29.3. The number of nitrogens with one attached hydrogen (secondary N) is 1. The molecule has 10 heteroatoms. The fourth-order valence-electron chi connectivity index (χ4n) is 2.71. The van der Waals surface area contributed by atoms with Crippen LogP contribution in [-0.4, -0.2) is 21.9 Å². The van der Waals surface area contributed by atoms with Crippen molar-refractivity contribution >= 4 is 16.8 Å². The molecule has 6 nitrogen and oxygen atoms in total. The van der Waals surface area contributed by atoms with Crippen molar-refractivity contribution in [3.05, 3.63) is 70.0 Å². The number of rotatable bonds is 5. The van der Waals surface area contributed by atoms with Crippen LogP contribution in [0.2, 0.25) is 0 Å². The minimum absolute atomic E-state index is 0.134. The van der Waals surface area contributed by atoms with Crippen LogP contribution in [0.1, 0.15) is 18.3 Å². The number of aromatic nitrogens is 2. The van der Waals surface area contributed by atoms with E-state index in [2.05, 4.69) is 15.1 Å². The average Bonchev–Trinajstić information content (AvgIpc) is 2.65. The lowest BCUT2D eigenvalue weighted by Gasteiger charge is -2.14. The van der Waals surface area contributed by atoms with E-state index >= 15 is 0 Å². The molecular weight excluding hydrogens is 394 g/mol. The van der Waals surface area contributed by atoms with Crippen LogP contribution in [0.15, 0.2) is 47.3 Å². The van der Waals surface area contributed by atoms with E-state index in [-0.39, 0.29) is 29.6 Å². The van der Waals surface area contributed by atoms with Gasteiger partial charge in [-0.1, -0.05) is 19.1 Å². The van der Waals surface area contributed by atoms with Crippen molar-refractivity contribution in [3.8, 4) is 5.75 Å². The summed E-state index contributed by atoms with van der Waals surface area (Å²) in [6, 6.07) is 8.47. The van der Waals surface area contributed by atoms with Crippen LogP contribution in [0.5, 0.6) is 5.75 Å². The number of carbonyl (C=O) groups excluding carboxylic acids is 1. The summed E-state index contributed by atoms with van der Waals surface area (Å²) in [5.41, 5.74) is 2.34. The Morgan fingerprint density at radius 1 is 1.17 bits per heavy atom. The number of benzene rings is 2. The van der Waals surface area contributed by atoms with Crippen LogP contribution in [0.25, 0.3) is 10.9 Å². The molecule has 1 aromatic heterocycles. The van der Waals surface area contributed by atoms with Gasteiger partial charge in [0.1, 0.15) is 17.4 Å². The number of fused-ring (bicyclic) bond motifs is 1. The molecule has 0 atom stereocenters. The van der Waals surface area contributed by atoms with Crippen LogP contribution in [0.3, 0.4) is 0 Å². The second-order valence-electron chi connectivity index (χ2n) is 6.09. The van der Waals surface area contributed by atoms with Crippen molar-refractivity contribution in [1.82, 2.24) is 9.66 Å². The van der Waals surface area contributed by atoms with Gasteiger partial charge >= 0.3 is 6.36 Å². The predicted molar refractivity (Wildman–Crippen MR) is 96.5 cm³/mol. The first-order valence-electron chi connectivity index (χ1n) is 8.52. The van der Waals surface area contributed by atoms with E-state index in [1.165, 1.54) is 30.3 Å². The lowest BCUT2D eigenvalue weighted by molar-refractivity contribution is -0.274. The van der Waals surface area contributed by atoms with Crippen LogP contribution in [0, 0.1) is 5.82 Å². The number of carbonyl (C=O) groups is 1. The molecule has 0 aliphatic heterocycles. The molecule has 0 fully saturated rings. The van der Waals surface area contributed by atoms with Crippen molar-refractivity contribution in [2.24, 2.45) is 0 Å². The second-order valence-corrected chi connectivity index (χ2v) is 6.09. The van der Waals surface area contributed by atoms with Crippen molar-refractivity contribution in [2.75, 3.05) is 5.43 Å². The topological polar surface area (TPSA) is 73.2 Å². The molecular formula is C19H15F4N3O3. The van der Waals surface area contributed by atoms with Crippen LogP contribution >= 0.6 is 0 Å². The Hall–Kier alpha value is -3.43. The Labute approximate surface area is 161 Å². The highest BCUT2D eigenvalue weighted by atomic mass is 19.4. The number of alkyl halides is 3. The third-order valence-corrected chi connectivity index (χ3v) is 3.97. The highest BCUT2D eigenvalue weighted by Crippen LogP contribution is 2.24. The van der Waals surface area contributed by atoms with E-state index in [0.717, 1.165) is 16.8 Å². The molecule has 1 heterocycles. The first-order chi connectivity index (χ1) is 13.7. The average molecular weight is 409 g/mol. The number of ether oxygens (including phenoxy) is 1. The summed E-state index contributed by atoms with van der Waals surface area (Å²) in [6.45, 7) is 1.71. The molecule has 0 saturated carbocycles. The smallest absolute Gasteiger partial charge is 0.406 e. The monoisotopic (exact) mass is 409 g/mol. The lowest BCUT2D eigenvalue weighted by Crippen LogP contribution is -2.37. The van der Waals surface area contributed by atoms with Gasteiger partial charge in [0.05, 0.1) is 17.3 Å². The molecule has 0 aliphatic rings. The lowest BCUT2D eigenvalue weighted by atomic mass is 10.1. The maximum atomic E-state index is 13.0. The Bertz CT molecular complexity index is 1110. The quantitative estimate of drug-likeness (QED) is 0.657. The molecule has 3 aromatic rings. The number of halogens is 4. The normalized spacial score (nSPS) is 11.5. The van der Waals surface area contributed by atoms with E-state index in [0.29, 0.717) is 5.56 Å². The first kappa shape index (κ1) is 20.3. The Kier molecular flexibility index (Phi) is 5.53. The summed E-state index contributed by atoms with van der Waals surface area (Å²) >= 11 is 0. The van der Waals surface area contributed by atoms with Crippen LogP contribution < -0.4 is 15.7 Å². The first-order valence-corrected chi connectivity index (χ1v) is 8.52. The number of hydrogen-bond acceptors (Lipinski definition) is 4. The molecule has 3 rings (SSSR count). The summed E-state index contributed by atoms with van der Waals surface area (Å²) in [5, 5.41) is -0.147. The zero-order valence-corrected chi connectivity index (χ0v) is 15.1. The molecule has 0 bridgehead atoms. The number of nitrogens with zero attached hydrogens (tertiary/aromatic N) is 2. The Balaban J connectivity index is 1.94. The zero-order valence-electron chi connectivity index (χ0n) is 15.1. The van der Waals surface area contributed by atoms with E-state index in [9.17, 15) is 27.2 Å². The van der Waals surface area contributed by atoms with E-state index in [4.69, 9.17) is 0 Å². The third-order valence-electron chi connectivity index (χ3n) is 3.97. The fourth-order valence-corrected chi connectivity index (χ4v) is 2.71. The molecule has 0 unspecified atom stereocenters. The molecule has 29 heavy (non-hydrogen) atoms. The summed E-state index contributed by atoms with van der Waals surface area (Å²) < 4.78 is 55.0. The van der Waals surface area contributed by atoms with Gasteiger partial charge in [0, 0.05) is 6.42 Å². The van der Waals surface area contributed by atoms with Gasteiger partial charge in [-0.15, -0.1) is 13.2 Å². The molecule has 2 aromatic carbocycles. The fraction of sp³-hybridized carbons (Fsp3) is 0.211. The van der Waals surface area contributed by atoms with Crippen molar-refractivity contribution in [1.29, 1.82) is 0 Å². The number of hydrogen-bond donors (Lipinski definition) is 1. The molecule has 0 saturated heterocycles. The number of amides is 1. The maximum Gasteiger partial charge on any atom is 0.573 e. The van der Waals surface area contributed by atoms with Crippen molar-refractivity contribution in [2.45, 2.75) is 26.1 Å². The van der Waals surface area contributed by atoms with Gasteiger partial charge in [-0.2, -0.15) is 0 Å². The molecule has 1 N–H and O–H groups in total. The van der Waals surface area contributed by atoms with Gasteiger partial charge in [0.25, 0.3) is 5.56 Å². The van der Waals surface area contributed by atoms with Gasteiger partial charge < -0.3 is 4.74 Å². The van der Waals surface area contributed by atoms with Gasteiger partial charge in [0.2, 0.25) is 5.91 Å². The second kappa shape index (κ2) is 7.90.